The summed E-state index contributed by atoms with van der Waals surface area (Å²) in [6.07, 6.45) is 0. The Balaban J connectivity index is 2.10. The fourth-order valence-corrected chi connectivity index (χ4v) is 3.61. The molecule has 0 spiro atoms. The standard InChI is InChI=1S/C18H22N2O5S/c1-12-10-16(8-9-17(12)25-4)26(22,23)20-13(2)18(21)19-14-6-5-7-15(11-14)24-3/h5-11,13,20H,1-4H3,(H,19,21). The van der Waals surface area contributed by atoms with Gasteiger partial charge in [-0.15, -0.1) is 0 Å². The molecule has 0 fully saturated rings. The van der Waals surface area contributed by atoms with Crippen LogP contribution in [0.4, 0.5) is 5.69 Å². The molecule has 0 aliphatic rings. The second-order valence-electron chi connectivity index (χ2n) is 5.70. The molecule has 1 atom stereocenters. The van der Waals surface area contributed by atoms with Crippen LogP contribution in [0.5, 0.6) is 11.5 Å². The predicted octanol–water partition coefficient (Wildman–Crippen LogP) is 2.32. The normalized spacial score (nSPS) is 12.3. The van der Waals surface area contributed by atoms with Crippen molar-refractivity contribution in [3.8, 4) is 11.5 Å². The molecule has 2 rings (SSSR count). The molecule has 2 N–H and O–H groups in total. The topological polar surface area (TPSA) is 93.7 Å². The monoisotopic (exact) mass is 378 g/mol. The first kappa shape index (κ1) is 19.7. The number of aryl methyl sites for hydroxylation is 1. The van der Waals surface area contributed by atoms with Gasteiger partial charge in [0.1, 0.15) is 11.5 Å². The van der Waals surface area contributed by atoms with E-state index >= 15 is 0 Å². The van der Waals surface area contributed by atoms with E-state index < -0.39 is 22.0 Å². The molecule has 2 aromatic carbocycles. The van der Waals surface area contributed by atoms with Crippen molar-refractivity contribution >= 4 is 21.6 Å². The molecule has 1 unspecified atom stereocenters. The number of sulfonamides is 1. The quantitative estimate of drug-likeness (QED) is 0.771. The molecule has 26 heavy (non-hydrogen) atoms. The number of anilines is 1. The highest BCUT2D eigenvalue weighted by Crippen LogP contribution is 2.21. The minimum atomic E-state index is -3.85. The zero-order valence-corrected chi connectivity index (χ0v) is 15.9. The van der Waals surface area contributed by atoms with Crippen LogP contribution in [0.15, 0.2) is 47.4 Å². The molecular weight excluding hydrogens is 356 g/mol. The number of carbonyl (C=O) groups excluding carboxylic acids is 1. The van der Waals surface area contributed by atoms with Gasteiger partial charge in [-0.05, 0) is 49.7 Å². The molecule has 8 heteroatoms. The van der Waals surface area contributed by atoms with Crippen LogP contribution in [0.1, 0.15) is 12.5 Å². The molecule has 0 radical (unpaired) electrons. The van der Waals surface area contributed by atoms with Crippen LogP contribution in [0.3, 0.4) is 0 Å². The summed E-state index contributed by atoms with van der Waals surface area (Å²) in [5, 5.41) is 2.65. The third-order valence-corrected chi connectivity index (χ3v) is 5.28. The van der Waals surface area contributed by atoms with Gasteiger partial charge >= 0.3 is 0 Å². The number of rotatable bonds is 7. The van der Waals surface area contributed by atoms with E-state index in [1.807, 2.05) is 0 Å². The van der Waals surface area contributed by atoms with Crippen molar-refractivity contribution in [1.29, 1.82) is 0 Å². The van der Waals surface area contributed by atoms with Crippen molar-refractivity contribution in [2.75, 3.05) is 19.5 Å². The summed E-state index contributed by atoms with van der Waals surface area (Å²) in [6, 6.07) is 10.3. The van der Waals surface area contributed by atoms with Gasteiger partial charge in [0.05, 0.1) is 25.2 Å². The Hall–Kier alpha value is -2.58. The van der Waals surface area contributed by atoms with E-state index in [0.29, 0.717) is 22.7 Å². The van der Waals surface area contributed by atoms with E-state index in [2.05, 4.69) is 10.0 Å². The highest BCUT2D eigenvalue weighted by molar-refractivity contribution is 7.89. The molecule has 0 saturated heterocycles. The van der Waals surface area contributed by atoms with E-state index in [9.17, 15) is 13.2 Å². The van der Waals surface area contributed by atoms with Crippen molar-refractivity contribution in [2.45, 2.75) is 24.8 Å². The SMILES string of the molecule is COc1cccc(NC(=O)C(C)NS(=O)(=O)c2ccc(OC)c(C)c2)c1. The third kappa shape index (κ3) is 4.74. The first-order valence-corrected chi connectivity index (χ1v) is 9.37. The molecule has 0 aliphatic heterocycles. The van der Waals surface area contributed by atoms with E-state index in [1.165, 1.54) is 33.3 Å². The fourth-order valence-electron chi connectivity index (χ4n) is 2.32. The molecule has 7 nitrogen and oxygen atoms in total. The van der Waals surface area contributed by atoms with Crippen LogP contribution in [0.25, 0.3) is 0 Å². The van der Waals surface area contributed by atoms with Crippen molar-refractivity contribution in [3.63, 3.8) is 0 Å². The second kappa shape index (κ2) is 8.20. The number of amides is 1. The van der Waals surface area contributed by atoms with Crippen LogP contribution < -0.4 is 19.5 Å². The van der Waals surface area contributed by atoms with Gasteiger partial charge in [0.15, 0.2) is 0 Å². The van der Waals surface area contributed by atoms with Crippen molar-refractivity contribution in [1.82, 2.24) is 4.72 Å². The van der Waals surface area contributed by atoms with Crippen LogP contribution in [0.2, 0.25) is 0 Å². The maximum Gasteiger partial charge on any atom is 0.242 e. The van der Waals surface area contributed by atoms with Crippen LogP contribution in [-0.4, -0.2) is 34.6 Å². The first-order valence-electron chi connectivity index (χ1n) is 7.88. The lowest BCUT2D eigenvalue weighted by Gasteiger charge is -2.15. The number of methoxy groups -OCH3 is 2. The fraction of sp³-hybridized carbons (Fsp3) is 0.278. The van der Waals surface area contributed by atoms with Gasteiger partial charge in [0, 0.05) is 11.8 Å². The number of hydrogen-bond donors (Lipinski definition) is 2. The number of benzene rings is 2. The minimum Gasteiger partial charge on any atom is -0.497 e. The van der Waals surface area contributed by atoms with Crippen LogP contribution in [-0.2, 0) is 14.8 Å². The Bertz CT molecular complexity index is 896. The molecule has 0 saturated carbocycles. The lowest BCUT2D eigenvalue weighted by Crippen LogP contribution is -2.41. The molecule has 140 valence electrons. The molecule has 0 aliphatic carbocycles. The third-order valence-electron chi connectivity index (χ3n) is 3.74. The van der Waals surface area contributed by atoms with E-state index in [-0.39, 0.29) is 4.90 Å². The summed E-state index contributed by atoms with van der Waals surface area (Å²) in [5.74, 6) is 0.699. The number of ether oxygens (including phenoxy) is 2. The summed E-state index contributed by atoms with van der Waals surface area (Å²) in [4.78, 5) is 12.4. The Morgan fingerprint density at radius 1 is 1.08 bits per heavy atom. The van der Waals surface area contributed by atoms with Gasteiger partial charge in [0.2, 0.25) is 15.9 Å². The number of carbonyl (C=O) groups is 1. The van der Waals surface area contributed by atoms with Crippen molar-refractivity contribution in [2.24, 2.45) is 0 Å². The largest absolute Gasteiger partial charge is 0.497 e. The maximum absolute atomic E-state index is 12.5. The van der Waals surface area contributed by atoms with Crippen LogP contribution >= 0.6 is 0 Å². The Morgan fingerprint density at radius 3 is 2.42 bits per heavy atom. The van der Waals surface area contributed by atoms with Gasteiger partial charge < -0.3 is 14.8 Å². The summed E-state index contributed by atoms with van der Waals surface area (Å²) in [7, 11) is -0.812. The summed E-state index contributed by atoms with van der Waals surface area (Å²) >= 11 is 0. The second-order valence-corrected chi connectivity index (χ2v) is 7.41. The Kier molecular flexibility index (Phi) is 6.23. The number of nitrogens with one attached hydrogen (secondary N) is 2. The van der Waals surface area contributed by atoms with Crippen molar-refractivity contribution < 1.29 is 22.7 Å². The first-order chi connectivity index (χ1) is 12.3. The number of hydrogen-bond acceptors (Lipinski definition) is 5. The molecule has 2 aromatic rings. The highest BCUT2D eigenvalue weighted by atomic mass is 32.2. The lowest BCUT2D eigenvalue weighted by molar-refractivity contribution is -0.117. The van der Waals surface area contributed by atoms with Crippen molar-refractivity contribution in [3.05, 3.63) is 48.0 Å². The van der Waals surface area contributed by atoms with E-state index in [1.54, 1.807) is 37.3 Å². The molecule has 0 heterocycles. The maximum atomic E-state index is 12.5. The zero-order chi connectivity index (χ0) is 19.3. The van der Waals surface area contributed by atoms with Crippen LogP contribution in [0, 0.1) is 6.92 Å². The van der Waals surface area contributed by atoms with Gasteiger partial charge in [-0.2, -0.15) is 4.72 Å². The average molecular weight is 378 g/mol. The molecule has 1 amide bonds. The molecule has 0 bridgehead atoms. The van der Waals surface area contributed by atoms with Gasteiger partial charge in [-0.3, -0.25) is 4.79 Å². The average Bonchev–Trinajstić information content (AvgIpc) is 2.61. The van der Waals surface area contributed by atoms with Gasteiger partial charge in [-0.25, -0.2) is 8.42 Å². The summed E-state index contributed by atoms with van der Waals surface area (Å²) < 4.78 is 37.6. The van der Waals surface area contributed by atoms with E-state index in [4.69, 9.17) is 9.47 Å². The Labute approximate surface area is 153 Å². The lowest BCUT2D eigenvalue weighted by atomic mass is 10.2. The Morgan fingerprint density at radius 2 is 1.81 bits per heavy atom. The zero-order valence-electron chi connectivity index (χ0n) is 15.1. The van der Waals surface area contributed by atoms with E-state index in [0.717, 1.165) is 0 Å². The predicted molar refractivity (Wildman–Crippen MR) is 99.1 cm³/mol. The van der Waals surface area contributed by atoms with Gasteiger partial charge in [0.25, 0.3) is 0 Å². The smallest absolute Gasteiger partial charge is 0.242 e. The summed E-state index contributed by atoms with van der Waals surface area (Å²) in [5.41, 5.74) is 1.20. The summed E-state index contributed by atoms with van der Waals surface area (Å²) in [6.45, 7) is 3.22. The van der Waals surface area contributed by atoms with Gasteiger partial charge in [-0.1, -0.05) is 6.07 Å². The minimum absolute atomic E-state index is 0.0665. The molecule has 0 aromatic heterocycles. The molecular formula is C18H22N2O5S. The highest BCUT2D eigenvalue weighted by Gasteiger charge is 2.22.